The van der Waals surface area contributed by atoms with Crippen molar-refractivity contribution in [3.05, 3.63) is 18.2 Å². The Morgan fingerprint density at radius 1 is 1.19 bits per heavy atom. The molecule has 0 bridgehead atoms. The van der Waals surface area contributed by atoms with Gasteiger partial charge in [-0.1, -0.05) is 0 Å². The molecule has 0 aliphatic carbocycles. The maximum Gasteiger partial charge on any atom is 0.322 e. The van der Waals surface area contributed by atoms with Crippen molar-refractivity contribution in [1.29, 1.82) is 0 Å². The van der Waals surface area contributed by atoms with E-state index in [9.17, 15) is 4.79 Å². The maximum absolute atomic E-state index is 12.6. The Morgan fingerprint density at radius 3 is 2.43 bits per heavy atom. The summed E-state index contributed by atoms with van der Waals surface area (Å²) >= 11 is 0. The molecule has 2 unspecified atom stereocenters. The highest BCUT2D eigenvalue weighted by molar-refractivity contribution is 5.91. The number of nitrogens with zero attached hydrogens (tertiary/aromatic N) is 1. The molecule has 1 N–H and O–H groups in total. The number of methoxy groups -OCH3 is 2. The van der Waals surface area contributed by atoms with Crippen molar-refractivity contribution in [2.45, 2.75) is 45.2 Å². The van der Waals surface area contributed by atoms with E-state index >= 15 is 0 Å². The third-order valence-electron chi connectivity index (χ3n) is 4.08. The van der Waals surface area contributed by atoms with Crippen LogP contribution in [0.15, 0.2) is 18.2 Å². The van der Waals surface area contributed by atoms with Gasteiger partial charge in [-0.15, -0.1) is 0 Å². The first kappa shape index (κ1) is 15.5. The SMILES string of the molecule is COc1ccc(OC)c(NC(=O)N2C(C)CCCC2C)c1. The minimum atomic E-state index is -0.0822. The van der Waals surface area contributed by atoms with Crippen LogP contribution in [0, 0.1) is 0 Å². The number of ether oxygens (including phenoxy) is 2. The molecule has 1 heterocycles. The Morgan fingerprint density at radius 2 is 1.86 bits per heavy atom. The fourth-order valence-electron chi connectivity index (χ4n) is 2.91. The smallest absolute Gasteiger partial charge is 0.322 e. The van der Waals surface area contributed by atoms with Crippen LogP contribution in [0.2, 0.25) is 0 Å². The van der Waals surface area contributed by atoms with Gasteiger partial charge in [0.25, 0.3) is 0 Å². The lowest BCUT2D eigenvalue weighted by Crippen LogP contribution is -2.49. The third-order valence-corrected chi connectivity index (χ3v) is 4.08. The lowest BCUT2D eigenvalue weighted by Gasteiger charge is -2.39. The van der Waals surface area contributed by atoms with E-state index in [2.05, 4.69) is 19.2 Å². The van der Waals surface area contributed by atoms with Crippen molar-refractivity contribution >= 4 is 11.7 Å². The van der Waals surface area contributed by atoms with Crippen molar-refractivity contribution in [2.24, 2.45) is 0 Å². The zero-order valence-electron chi connectivity index (χ0n) is 13.2. The molecule has 1 fully saturated rings. The van der Waals surface area contributed by atoms with Crippen molar-refractivity contribution in [2.75, 3.05) is 19.5 Å². The maximum atomic E-state index is 12.6. The molecule has 0 spiro atoms. The topological polar surface area (TPSA) is 50.8 Å². The Hall–Kier alpha value is -1.91. The van der Waals surface area contributed by atoms with Crippen LogP contribution in [0.25, 0.3) is 0 Å². The zero-order chi connectivity index (χ0) is 15.4. The number of anilines is 1. The number of amides is 2. The molecule has 1 aromatic carbocycles. The number of benzene rings is 1. The molecule has 1 saturated heterocycles. The standard InChI is InChI=1S/C16H24N2O3/c1-11-6-5-7-12(2)18(11)16(19)17-14-10-13(20-3)8-9-15(14)21-4/h8-12H,5-7H2,1-4H3,(H,17,19). The average molecular weight is 292 g/mol. The van der Waals surface area contributed by atoms with E-state index in [0.29, 0.717) is 17.2 Å². The summed E-state index contributed by atoms with van der Waals surface area (Å²) in [5, 5.41) is 2.95. The van der Waals surface area contributed by atoms with Crippen LogP contribution in [-0.2, 0) is 0 Å². The number of hydrogen-bond donors (Lipinski definition) is 1. The van der Waals surface area contributed by atoms with Gasteiger partial charge in [0.05, 0.1) is 19.9 Å². The van der Waals surface area contributed by atoms with Crippen molar-refractivity contribution in [1.82, 2.24) is 4.90 Å². The second kappa shape index (κ2) is 6.70. The molecule has 2 rings (SSSR count). The predicted octanol–water partition coefficient (Wildman–Crippen LogP) is 3.50. The Labute approximate surface area is 126 Å². The number of hydrogen-bond acceptors (Lipinski definition) is 3. The molecule has 0 radical (unpaired) electrons. The monoisotopic (exact) mass is 292 g/mol. The Balaban J connectivity index is 2.18. The molecule has 2 amide bonds. The lowest BCUT2D eigenvalue weighted by molar-refractivity contribution is 0.133. The number of piperidine rings is 1. The normalized spacial score (nSPS) is 21.8. The number of rotatable bonds is 3. The van der Waals surface area contributed by atoms with Gasteiger partial charge in [-0.3, -0.25) is 0 Å². The van der Waals surface area contributed by atoms with Crippen LogP contribution in [-0.4, -0.2) is 37.2 Å². The summed E-state index contributed by atoms with van der Waals surface area (Å²) in [4.78, 5) is 14.5. The fourth-order valence-corrected chi connectivity index (χ4v) is 2.91. The number of urea groups is 1. The number of nitrogens with one attached hydrogen (secondary N) is 1. The van der Waals surface area contributed by atoms with E-state index in [-0.39, 0.29) is 18.1 Å². The summed E-state index contributed by atoms with van der Waals surface area (Å²) in [6.07, 6.45) is 3.27. The van der Waals surface area contributed by atoms with Gasteiger partial charge in [-0.25, -0.2) is 4.79 Å². The lowest BCUT2D eigenvalue weighted by atomic mass is 9.98. The third kappa shape index (κ3) is 3.40. The molecule has 1 aromatic rings. The van der Waals surface area contributed by atoms with Gasteiger partial charge < -0.3 is 19.7 Å². The van der Waals surface area contributed by atoms with Gasteiger partial charge in [-0.2, -0.15) is 0 Å². The van der Waals surface area contributed by atoms with Crippen molar-refractivity contribution in [3.8, 4) is 11.5 Å². The minimum Gasteiger partial charge on any atom is -0.497 e. The quantitative estimate of drug-likeness (QED) is 0.927. The van der Waals surface area contributed by atoms with Gasteiger partial charge in [0.1, 0.15) is 11.5 Å². The fraction of sp³-hybridized carbons (Fsp3) is 0.562. The first-order chi connectivity index (χ1) is 10.1. The van der Waals surface area contributed by atoms with Gasteiger partial charge in [0.2, 0.25) is 0 Å². The van der Waals surface area contributed by atoms with Gasteiger partial charge in [0, 0.05) is 18.2 Å². The number of carbonyl (C=O) groups excluding carboxylic acids is 1. The summed E-state index contributed by atoms with van der Waals surface area (Å²) in [6.45, 7) is 4.19. The van der Waals surface area contributed by atoms with Gasteiger partial charge >= 0.3 is 6.03 Å². The molecule has 116 valence electrons. The van der Waals surface area contributed by atoms with E-state index in [1.807, 2.05) is 4.90 Å². The molecule has 5 heteroatoms. The minimum absolute atomic E-state index is 0.0822. The zero-order valence-corrected chi connectivity index (χ0v) is 13.2. The molecule has 5 nitrogen and oxygen atoms in total. The van der Waals surface area contributed by atoms with Crippen molar-refractivity contribution < 1.29 is 14.3 Å². The van der Waals surface area contributed by atoms with Crippen LogP contribution < -0.4 is 14.8 Å². The first-order valence-corrected chi connectivity index (χ1v) is 7.38. The highest BCUT2D eigenvalue weighted by Crippen LogP contribution is 2.30. The molecular weight excluding hydrogens is 268 g/mol. The second-order valence-electron chi connectivity index (χ2n) is 5.53. The van der Waals surface area contributed by atoms with Gasteiger partial charge in [-0.05, 0) is 45.2 Å². The summed E-state index contributed by atoms with van der Waals surface area (Å²) in [6, 6.07) is 5.80. The predicted molar refractivity (Wildman–Crippen MR) is 83.2 cm³/mol. The molecule has 0 saturated carbocycles. The average Bonchev–Trinajstić information content (AvgIpc) is 2.47. The second-order valence-corrected chi connectivity index (χ2v) is 5.53. The molecular formula is C16H24N2O3. The van der Waals surface area contributed by atoms with Gasteiger partial charge in [0.15, 0.2) is 0 Å². The van der Waals surface area contributed by atoms with Crippen LogP contribution >= 0.6 is 0 Å². The van der Waals surface area contributed by atoms with E-state index in [0.717, 1.165) is 12.8 Å². The van der Waals surface area contributed by atoms with Crippen LogP contribution in [0.3, 0.4) is 0 Å². The summed E-state index contributed by atoms with van der Waals surface area (Å²) in [5.41, 5.74) is 0.631. The molecule has 1 aliphatic rings. The molecule has 1 aliphatic heterocycles. The van der Waals surface area contributed by atoms with E-state index < -0.39 is 0 Å². The Kier molecular flexibility index (Phi) is 4.94. The van der Waals surface area contributed by atoms with Crippen LogP contribution in [0.5, 0.6) is 11.5 Å². The summed E-state index contributed by atoms with van der Waals surface area (Å²) < 4.78 is 10.5. The first-order valence-electron chi connectivity index (χ1n) is 7.38. The molecule has 0 aromatic heterocycles. The van der Waals surface area contributed by atoms with Crippen molar-refractivity contribution in [3.63, 3.8) is 0 Å². The van der Waals surface area contributed by atoms with E-state index in [1.54, 1.807) is 32.4 Å². The molecule has 21 heavy (non-hydrogen) atoms. The molecule has 2 atom stereocenters. The van der Waals surface area contributed by atoms with E-state index in [1.165, 1.54) is 6.42 Å². The van der Waals surface area contributed by atoms with Crippen LogP contribution in [0.4, 0.5) is 10.5 Å². The number of carbonyl (C=O) groups is 1. The van der Waals surface area contributed by atoms with E-state index in [4.69, 9.17) is 9.47 Å². The van der Waals surface area contributed by atoms with Crippen LogP contribution in [0.1, 0.15) is 33.1 Å². The highest BCUT2D eigenvalue weighted by atomic mass is 16.5. The Bertz CT molecular complexity index is 494. The summed E-state index contributed by atoms with van der Waals surface area (Å²) in [7, 11) is 3.19. The summed E-state index contributed by atoms with van der Waals surface area (Å²) in [5.74, 6) is 1.31. The number of likely N-dealkylation sites (tertiary alicyclic amines) is 1. The largest absolute Gasteiger partial charge is 0.497 e. The highest BCUT2D eigenvalue weighted by Gasteiger charge is 2.29.